The number of hydrogen-bond donors (Lipinski definition) is 1. The van der Waals surface area contributed by atoms with Crippen LogP contribution in [-0.4, -0.2) is 23.6 Å². The van der Waals surface area contributed by atoms with Crippen LogP contribution in [0, 0.1) is 0 Å². The molecule has 1 aromatic carbocycles. The molecule has 1 aliphatic rings. The molecule has 0 aromatic heterocycles. The Morgan fingerprint density at radius 2 is 2.15 bits per heavy atom. The molecule has 0 amide bonds. The van der Waals surface area contributed by atoms with Gasteiger partial charge in [0.05, 0.1) is 5.56 Å². The van der Waals surface area contributed by atoms with E-state index in [4.69, 9.17) is 0 Å². The van der Waals surface area contributed by atoms with Crippen LogP contribution in [0.4, 0.5) is 13.2 Å². The summed E-state index contributed by atoms with van der Waals surface area (Å²) in [7, 11) is 1.89. The number of rotatable bonds is 4. The lowest BCUT2D eigenvalue weighted by Gasteiger charge is -2.33. The summed E-state index contributed by atoms with van der Waals surface area (Å²) in [6, 6.07) is 5.87. The standard InChI is InChI=1S/C15H20F3NS/c1-14(7-4-8-20-14)13(19-2)10-11-5-3-6-12(9-11)15(16,17)18/h3,5-6,9,13,19H,4,7-8,10H2,1-2H3. The maximum atomic E-state index is 12.7. The number of nitrogens with one attached hydrogen (secondary N) is 1. The molecule has 2 unspecified atom stereocenters. The fourth-order valence-corrected chi connectivity index (χ4v) is 4.26. The van der Waals surface area contributed by atoms with Crippen molar-refractivity contribution < 1.29 is 13.2 Å². The molecule has 1 fully saturated rings. The van der Waals surface area contributed by atoms with Gasteiger partial charge in [-0.3, -0.25) is 0 Å². The third-order valence-electron chi connectivity index (χ3n) is 4.03. The zero-order chi connectivity index (χ0) is 14.8. The van der Waals surface area contributed by atoms with Crippen molar-refractivity contribution in [3.8, 4) is 0 Å². The molecule has 112 valence electrons. The summed E-state index contributed by atoms with van der Waals surface area (Å²) in [5.41, 5.74) is 0.182. The highest BCUT2D eigenvalue weighted by Gasteiger charge is 2.37. The average molecular weight is 303 g/mol. The van der Waals surface area contributed by atoms with Crippen molar-refractivity contribution in [1.29, 1.82) is 0 Å². The molecular formula is C15H20F3NS. The first-order chi connectivity index (χ1) is 9.35. The highest BCUT2D eigenvalue weighted by molar-refractivity contribution is 8.00. The van der Waals surface area contributed by atoms with Gasteiger partial charge in [-0.05, 0) is 50.6 Å². The summed E-state index contributed by atoms with van der Waals surface area (Å²) in [5.74, 6) is 1.14. The molecule has 0 bridgehead atoms. The average Bonchev–Trinajstić information content (AvgIpc) is 2.83. The van der Waals surface area contributed by atoms with Crippen LogP contribution in [0.1, 0.15) is 30.9 Å². The maximum Gasteiger partial charge on any atom is 0.416 e. The Morgan fingerprint density at radius 1 is 1.40 bits per heavy atom. The van der Waals surface area contributed by atoms with Crippen LogP contribution < -0.4 is 5.32 Å². The molecule has 0 aliphatic carbocycles. The van der Waals surface area contributed by atoms with Gasteiger partial charge >= 0.3 is 6.18 Å². The molecular weight excluding hydrogens is 283 g/mol. The monoisotopic (exact) mass is 303 g/mol. The number of likely N-dealkylation sites (N-methyl/N-ethyl adjacent to an activating group) is 1. The molecule has 2 rings (SSSR count). The summed E-state index contributed by atoms with van der Waals surface area (Å²) >= 11 is 1.92. The number of thioether (sulfide) groups is 1. The van der Waals surface area contributed by atoms with Gasteiger partial charge in [0.1, 0.15) is 0 Å². The summed E-state index contributed by atoms with van der Waals surface area (Å²) < 4.78 is 38.3. The number of benzene rings is 1. The molecule has 0 saturated carbocycles. The number of halogens is 3. The second kappa shape index (κ2) is 5.98. The van der Waals surface area contributed by atoms with Crippen molar-refractivity contribution in [2.75, 3.05) is 12.8 Å². The first-order valence-corrected chi connectivity index (χ1v) is 7.81. The topological polar surface area (TPSA) is 12.0 Å². The predicted molar refractivity (Wildman–Crippen MR) is 78.1 cm³/mol. The van der Waals surface area contributed by atoms with Crippen molar-refractivity contribution in [2.45, 2.75) is 43.2 Å². The van der Waals surface area contributed by atoms with Gasteiger partial charge in [0.25, 0.3) is 0 Å². The fourth-order valence-electron chi connectivity index (χ4n) is 2.81. The normalized spacial score (nSPS) is 24.9. The van der Waals surface area contributed by atoms with Crippen LogP contribution in [0.5, 0.6) is 0 Å². The van der Waals surface area contributed by atoms with Gasteiger partial charge in [-0.1, -0.05) is 18.2 Å². The molecule has 1 aromatic rings. The van der Waals surface area contributed by atoms with Gasteiger partial charge in [-0.2, -0.15) is 24.9 Å². The van der Waals surface area contributed by atoms with Crippen LogP contribution in [0.25, 0.3) is 0 Å². The van der Waals surface area contributed by atoms with Crippen LogP contribution in [0.3, 0.4) is 0 Å². The molecule has 2 atom stereocenters. The third kappa shape index (κ3) is 3.50. The highest BCUT2D eigenvalue weighted by atomic mass is 32.2. The van der Waals surface area contributed by atoms with E-state index in [0.717, 1.165) is 23.8 Å². The van der Waals surface area contributed by atoms with E-state index in [1.54, 1.807) is 6.07 Å². The van der Waals surface area contributed by atoms with E-state index in [9.17, 15) is 13.2 Å². The predicted octanol–water partition coefficient (Wildman–Crippen LogP) is 4.12. The van der Waals surface area contributed by atoms with Gasteiger partial charge in [-0.25, -0.2) is 0 Å². The zero-order valence-corrected chi connectivity index (χ0v) is 12.6. The van der Waals surface area contributed by atoms with Gasteiger partial charge in [-0.15, -0.1) is 0 Å². The Hall–Kier alpha value is -0.680. The van der Waals surface area contributed by atoms with E-state index >= 15 is 0 Å². The Labute approximate surface area is 122 Å². The van der Waals surface area contributed by atoms with Crippen molar-refractivity contribution >= 4 is 11.8 Å². The minimum atomic E-state index is -4.27. The van der Waals surface area contributed by atoms with Crippen LogP contribution in [0.15, 0.2) is 24.3 Å². The second-order valence-corrected chi connectivity index (χ2v) is 7.14. The zero-order valence-electron chi connectivity index (χ0n) is 11.8. The highest BCUT2D eigenvalue weighted by Crippen LogP contribution is 2.41. The molecule has 1 saturated heterocycles. The van der Waals surface area contributed by atoms with Crippen LogP contribution in [0.2, 0.25) is 0 Å². The van der Waals surface area contributed by atoms with Crippen molar-refractivity contribution in [3.05, 3.63) is 35.4 Å². The minimum absolute atomic E-state index is 0.114. The van der Waals surface area contributed by atoms with Gasteiger partial charge in [0.2, 0.25) is 0 Å². The van der Waals surface area contributed by atoms with Gasteiger partial charge in [0, 0.05) is 10.8 Å². The lowest BCUT2D eigenvalue weighted by molar-refractivity contribution is -0.137. The lowest BCUT2D eigenvalue weighted by Crippen LogP contribution is -2.45. The smallest absolute Gasteiger partial charge is 0.315 e. The quantitative estimate of drug-likeness (QED) is 0.898. The first-order valence-electron chi connectivity index (χ1n) is 6.82. The van der Waals surface area contributed by atoms with E-state index in [2.05, 4.69) is 12.2 Å². The Balaban J connectivity index is 2.16. The summed E-state index contributed by atoms with van der Waals surface area (Å²) in [6.45, 7) is 2.21. The van der Waals surface area contributed by atoms with E-state index in [0.29, 0.717) is 6.42 Å². The third-order valence-corrected chi connectivity index (χ3v) is 5.67. The lowest BCUT2D eigenvalue weighted by atomic mass is 9.90. The Kier molecular flexibility index (Phi) is 4.69. The minimum Gasteiger partial charge on any atom is -0.315 e. The van der Waals surface area contributed by atoms with Gasteiger partial charge in [0.15, 0.2) is 0 Å². The summed E-state index contributed by atoms with van der Waals surface area (Å²) in [6.07, 6.45) is -1.34. The number of hydrogen-bond acceptors (Lipinski definition) is 2. The first kappa shape index (κ1) is 15.7. The molecule has 1 aliphatic heterocycles. The largest absolute Gasteiger partial charge is 0.416 e. The van der Waals surface area contributed by atoms with E-state index < -0.39 is 11.7 Å². The second-order valence-electron chi connectivity index (χ2n) is 5.51. The molecule has 1 heterocycles. The molecule has 1 nitrogen and oxygen atoms in total. The van der Waals surface area contributed by atoms with E-state index in [1.807, 2.05) is 18.8 Å². The summed E-state index contributed by atoms with van der Waals surface area (Å²) in [5, 5.41) is 3.29. The maximum absolute atomic E-state index is 12.7. The molecule has 0 radical (unpaired) electrons. The molecule has 1 N–H and O–H groups in total. The van der Waals surface area contributed by atoms with E-state index in [-0.39, 0.29) is 10.8 Å². The molecule has 20 heavy (non-hydrogen) atoms. The van der Waals surface area contributed by atoms with E-state index in [1.165, 1.54) is 18.6 Å². The van der Waals surface area contributed by atoms with Crippen molar-refractivity contribution in [2.24, 2.45) is 0 Å². The Bertz CT molecular complexity index is 453. The van der Waals surface area contributed by atoms with Gasteiger partial charge < -0.3 is 5.32 Å². The number of alkyl halides is 3. The SMILES string of the molecule is CNC(Cc1cccc(C(F)(F)F)c1)C1(C)CCCS1. The molecule has 5 heteroatoms. The Morgan fingerprint density at radius 3 is 2.70 bits per heavy atom. The molecule has 0 spiro atoms. The van der Waals surface area contributed by atoms with Crippen molar-refractivity contribution in [1.82, 2.24) is 5.32 Å². The summed E-state index contributed by atoms with van der Waals surface area (Å²) in [4.78, 5) is 0. The fraction of sp³-hybridized carbons (Fsp3) is 0.600. The van der Waals surface area contributed by atoms with Crippen LogP contribution >= 0.6 is 11.8 Å². The van der Waals surface area contributed by atoms with Crippen molar-refractivity contribution in [3.63, 3.8) is 0 Å². The van der Waals surface area contributed by atoms with Crippen LogP contribution in [-0.2, 0) is 12.6 Å².